The van der Waals surface area contributed by atoms with E-state index < -0.39 is 0 Å². The minimum atomic E-state index is -0.220. The van der Waals surface area contributed by atoms with Crippen molar-refractivity contribution in [2.45, 2.75) is 73.8 Å². The number of aryl methyl sites for hydroxylation is 1. The third-order valence-corrected chi connectivity index (χ3v) is 4.10. The Labute approximate surface area is 206 Å². The Morgan fingerprint density at radius 2 is 2.00 bits per heavy atom. The van der Waals surface area contributed by atoms with Crippen LogP contribution in [-0.4, -0.2) is 12.1 Å². The summed E-state index contributed by atoms with van der Waals surface area (Å²) in [5.74, 6) is -0.220. The van der Waals surface area contributed by atoms with E-state index in [-0.39, 0.29) is 72.8 Å². The topological polar surface area (TPSA) is 51.8 Å². The third-order valence-electron chi connectivity index (χ3n) is 3.36. The molecule has 0 aliphatic carbocycles. The molecule has 6 heteroatoms. The predicted molar refractivity (Wildman–Crippen MR) is 109 cm³/mol. The van der Waals surface area contributed by atoms with Crippen LogP contribution in [0.4, 0.5) is 5.69 Å². The van der Waals surface area contributed by atoms with E-state index in [9.17, 15) is 4.79 Å². The standard InChI is InChI=1S/C18H22NO3S.C2H6.CH4.Yb/c1-4-5-8-13(2)22-17(20)11-15-9-6-7-10-16(15)19-18-21-12-14(3)23-18;1-2;;/h6-7,9-10,13H,4-5,8,11H2,1-3H3;1-2H3;1H4;/q-1;;;. The molecule has 0 N–H and O–H groups in total. The maximum absolute atomic E-state index is 12.1. The van der Waals surface area contributed by atoms with E-state index in [1.807, 2.05) is 52.0 Å². The normalized spacial score (nSPS) is 11.4. The molecule has 1 aromatic carbocycles. The summed E-state index contributed by atoms with van der Waals surface area (Å²) in [6, 6.07) is 7.54. The first-order valence-corrected chi connectivity index (χ1v) is 9.70. The summed E-state index contributed by atoms with van der Waals surface area (Å²) < 4.78 is 10.7. The number of hydrogen-bond donors (Lipinski definition) is 0. The van der Waals surface area contributed by atoms with Crippen molar-refractivity contribution in [2.24, 2.45) is 4.99 Å². The minimum absolute atomic E-state index is 0. The number of carbonyl (C=O) groups is 1. The zero-order chi connectivity index (χ0) is 18.7. The number of carbonyl (C=O) groups excluding carboxylic acids is 1. The fourth-order valence-corrected chi connectivity index (χ4v) is 2.75. The Kier molecular flexibility index (Phi) is 17.7. The first-order valence-electron chi connectivity index (χ1n) is 8.88. The Morgan fingerprint density at radius 1 is 1.33 bits per heavy atom. The first kappa shape index (κ1) is 28.8. The molecule has 1 heterocycles. The van der Waals surface area contributed by atoms with Crippen molar-refractivity contribution in [2.75, 3.05) is 0 Å². The summed E-state index contributed by atoms with van der Waals surface area (Å²) in [5, 5.41) is 0. The van der Waals surface area contributed by atoms with Crippen molar-refractivity contribution in [3.8, 4) is 0 Å². The molecule has 27 heavy (non-hydrogen) atoms. The number of esters is 1. The van der Waals surface area contributed by atoms with Crippen molar-refractivity contribution in [3.63, 3.8) is 0 Å². The van der Waals surface area contributed by atoms with E-state index in [4.69, 9.17) is 9.15 Å². The molecule has 0 aliphatic rings. The number of para-hydroxylation sites is 1. The van der Waals surface area contributed by atoms with Crippen LogP contribution in [0.3, 0.4) is 0 Å². The molecular formula is C21H32NO3SYb-. The number of nitrogens with zero attached hydrogens (tertiary/aromatic N) is 1. The van der Waals surface area contributed by atoms with Crippen LogP contribution in [0.15, 0.2) is 33.7 Å². The molecule has 0 radical (unpaired) electrons. The molecule has 0 saturated heterocycles. The van der Waals surface area contributed by atoms with Gasteiger partial charge in [0.15, 0.2) is 0 Å². The monoisotopic (exact) mass is 552 g/mol. The quantitative estimate of drug-likeness (QED) is 0.313. The molecule has 0 aliphatic heterocycles. The number of rotatable bonds is 7. The molecule has 0 amide bonds. The summed E-state index contributed by atoms with van der Waals surface area (Å²) in [5.41, 5.74) is 1.56. The molecule has 2 rings (SSSR count). The van der Waals surface area contributed by atoms with Crippen molar-refractivity contribution >= 4 is 23.0 Å². The Bertz CT molecular complexity index is 709. The van der Waals surface area contributed by atoms with Gasteiger partial charge in [0.05, 0.1) is 18.2 Å². The number of unbranched alkanes of at least 4 members (excludes halogenated alkanes) is 1. The van der Waals surface area contributed by atoms with Crippen molar-refractivity contribution in [1.29, 1.82) is 0 Å². The van der Waals surface area contributed by atoms with Gasteiger partial charge in [-0.05, 0) is 31.9 Å². The fraction of sp³-hybridized carbons (Fsp3) is 0.524. The molecule has 160 valence electrons. The molecule has 0 bridgehead atoms. The molecule has 4 nitrogen and oxygen atoms in total. The van der Waals surface area contributed by atoms with Gasteiger partial charge in [0.25, 0.3) is 0 Å². The van der Waals surface area contributed by atoms with Gasteiger partial charge in [-0.15, -0.1) is 0 Å². The fourth-order valence-electron chi connectivity index (χ4n) is 2.17. The molecular weight excluding hydrogens is 519 g/mol. The van der Waals surface area contributed by atoms with Crippen LogP contribution < -0.4 is 4.87 Å². The second kappa shape index (κ2) is 16.6. The van der Waals surface area contributed by atoms with Gasteiger partial charge in [-0.2, -0.15) is 0 Å². The minimum Gasteiger partial charge on any atom is -0.621 e. The molecule has 2 aromatic rings. The van der Waals surface area contributed by atoms with E-state index in [0.29, 0.717) is 4.87 Å². The molecule has 0 fully saturated rings. The van der Waals surface area contributed by atoms with Crippen LogP contribution in [-0.2, 0) is 16.0 Å². The van der Waals surface area contributed by atoms with Gasteiger partial charge >= 0.3 is 5.97 Å². The number of benzene rings is 1. The van der Waals surface area contributed by atoms with Gasteiger partial charge < -0.3 is 9.15 Å². The number of ether oxygens (including phenoxy) is 1. The van der Waals surface area contributed by atoms with Crippen molar-refractivity contribution in [3.05, 3.63) is 45.8 Å². The average molecular weight is 552 g/mol. The van der Waals surface area contributed by atoms with Gasteiger partial charge in [0.1, 0.15) is 4.87 Å². The second-order valence-corrected chi connectivity index (χ2v) is 6.65. The van der Waals surface area contributed by atoms with Crippen LogP contribution >= 0.6 is 11.3 Å². The van der Waals surface area contributed by atoms with E-state index >= 15 is 0 Å². The summed E-state index contributed by atoms with van der Waals surface area (Å²) in [4.78, 5) is 18.0. The van der Waals surface area contributed by atoms with Gasteiger partial charge in [-0.3, -0.25) is 9.79 Å². The zero-order valence-corrected chi connectivity index (χ0v) is 18.6. The van der Waals surface area contributed by atoms with Gasteiger partial charge in [-0.25, -0.2) is 11.3 Å². The van der Waals surface area contributed by atoms with Gasteiger partial charge in [-0.1, -0.05) is 70.4 Å². The van der Waals surface area contributed by atoms with Crippen molar-refractivity contribution in [1.82, 2.24) is 0 Å². The third kappa shape index (κ3) is 11.3. The van der Waals surface area contributed by atoms with Gasteiger partial charge in [0, 0.05) is 46.9 Å². The van der Waals surface area contributed by atoms with E-state index in [2.05, 4.69) is 18.2 Å². The molecule has 1 aromatic heterocycles. The average Bonchev–Trinajstić information content (AvgIpc) is 3.01. The zero-order valence-electron chi connectivity index (χ0n) is 16.1. The molecule has 1 atom stereocenters. The Morgan fingerprint density at radius 3 is 2.59 bits per heavy atom. The van der Waals surface area contributed by atoms with Crippen molar-refractivity contribution < 1.29 is 60.9 Å². The van der Waals surface area contributed by atoms with Crippen LogP contribution in [0.25, 0.3) is 0 Å². The Hall–Kier alpha value is -0.361. The summed E-state index contributed by atoms with van der Waals surface area (Å²) in [7, 11) is 0. The summed E-state index contributed by atoms with van der Waals surface area (Å²) >= 11 is 1.42. The summed E-state index contributed by atoms with van der Waals surface area (Å²) in [6.45, 7) is 9.97. The van der Waals surface area contributed by atoms with Gasteiger partial charge in [0.2, 0.25) is 0 Å². The van der Waals surface area contributed by atoms with Crippen LogP contribution in [0.2, 0.25) is 0 Å². The SMILES string of the molecule is C.CC.CCCCC(C)OC(=O)Cc1ccccc1N=c1o[c-]c(C)s1.[Yb]. The largest absolute Gasteiger partial charge is 0.621 e. The molecule has 1 unspecified atom stereocenters. The maximum Gasteiger partial charge on any atom is 0.310 e. The smallest absolute Gasteiger partial charge is 0.310 e. The van der Waals surface area contributed by atoms with E-state index in [1.165, 1.54) is 11.3 Å². The molecule has 0 spiro atoms. The first-order chi connectivity index (χ1) is 12.1. The van der Waals surface area contributed by atoms with Crippen LogP contribution in [0.5, 0.6) is 0 Å². The van der Waals surface area contributed by atoms with E-state index in [0.717, 1.165) is 35.4 Å². The maximum atomic E-state index is 12.1. The number of hydrogen-bond acceptors (Lipinski definition) is 5. The Balaban J connectivity index is 0. The van der Waals surface area contributed by atoms with Crippen LogP contribution in [0, 0.1) is 60.1 Å². The van der Waals surface area contributed by atoms with Crippen LogP contribution in [0.1, 0.15) is 64.8 Å². The molecule has 0 saturated carbocycles. The predicted octanol–water partition coefficient (Wildman–Crippen LogP) is 6.01. The summed E-state index contributed by atoms with van der Waals surface area (Å²) in [6.07, 6.45) is 5.99. The second-order valence-electron chi connectivity index (χ2n) is 5.49. The van der Waals surface area contributed by atoms with E-state index in [1.54, 1.807) is 0 Å².